The molecule has 0 radical (unpaired) electrons. The molecular formula is C36H53FeN4O2S+. The summed E-state index contributed by atoms with van der Waals surface area (Å²) >= 11 is 3.70. The number of rotatable bonds is 9. The SMILES string of the molecule is CC(C)(C)c1cc(C=NCCCNCCN=Cc2cc(C(C)(C)C)cc(C(C)(C)C)c2[O-])c([O-])c(C(C)(C)C)c1.[Fe+4].[N-]=C=S. The Hall–Kier alpha value is -2.34. The van der Waals surface area contributed by atoms with Crippen LogP contribution in [-0.4, -0.2) is 43.8 Å². The van der Waals surface area contributed by atoms with E-state index in [0.29, 0.717) is 24.2 Å². The van der Waals surface area contributed by atoms with E-state index in [0.717, 1.165) is 41.8 Å². The molecule has 0 unspecified atom stereocenters. The van der Waals surface area contributed by atoms with E-state index in [4.69, 9.17) is 5.41 Å². The van der Waals surface area contributed by atoms with Crippen LogP contribution in [0.3, 0.4) is 0 Å². The normalized spacial score (nSPS) is 12.5. The Morgan fingerprint density at radius 3 is 1.39 bits per heavy atom. The molecule has 0 aliphatic heterocycles. The minimum atomic E-state index is -0.218. The second-order valence-corrected chi connectivity index (χ2v) is 15.3. The van der Waals surface area contributed by atoms with Crippen molar-refractivity contribution in [2.45, 2.75) is 111 Å². The van der Waals surface area contributed by atoms with Crippen molar-refractivity contribution in [2.75, 3.05) is 26.2 Å². The molecular weight excluding hydrogens is 608 g/mol. The maximum atomic E-state index is 13.1. The van der Waals surface area contributed by atoms with Gasteiger partial charge in [-0.15, -0.1) is 0 Å². The molecule has 2 aromatic rings. The molecule has 1 N–H and O–H groups in total. The quantitative estimate of drug-likeness (QED) is 0.133. The molecule has 0 saturated carbocycles. The Morgan fingerprint density at radius 2 is 1.05 bits per heavy atom. The molecule has 0 heterocycles. The number of hydrogen-bond acceptors (Lipinski definition) is 6. The van der Waals surface area contributed by atoms with Crippen molar-refractivity contribution in [2.24, 2.45) is 9.98 Å². The number of hydrogen-bond donors (Lipinski definition) is 1. The summed E-state index contributed by atoms with van der Waals surface area (Å²) in [6, 6.07) is 8.11. The third-order valence-corrected chi connectivity index (χ3v) is 7.10. The predicted octanol–water partition coefficient (Wildman–Crippen LogP) is 7.20. The van der Waals surface area contributed by atoms with Crippen molar-refractivity contribution in [3.05, 3.63) is 63.1 Å². The van der Waals surface area contributed by atoms with Gasteiger partial charge in [0.25, 0.3) is 0 Å². The van der Waals surface area contributed by atoms with Crippen LogP contribution in [0.1, 0.15) is 123 Å². The van der Waals surface area contributed by atoms with Gasteiger partial charge in [0, 0.05) is 25.5 Å². The summed E-state index contributed by atoms with van der Waals surface area (Å²) in [5, 5.41) is 38.0. The predicted molar refractivity (Wildman–Crippen MR) is 185 cm³/mol. The number of aliphatic imine (C=N–C) groups is 2. The largest absolute Gasteiger partial charge is 4.00 e. The van der Waals surface area contributed by atoms with Crippen LogP contribution in [0, 0.1) is 0 Å². The summed E-state index contributed by atoms with van der Waals surface area (Å²) in [4.78, 5) is 9.09. The van der Waals surface area contributed by atoms with Crippen LogP contribution < -0.4 is 15.5 Å². The van der Waals surface area contributed by atoms with E-state index in [2.05, 4.69) is 123 Å². The molecule has 6 nitrogen and oxygen atoms in total. The van der Waals surface area contributed by atoms with Crippen LogP contribution in [0.25, 0.3) is 5.41 Å². The molecule has 8 heteroatoms. The molecule has 0 bridgehead atoms. The number of benzene rings is 2. The molecule has 2 rings (SSSR count). The van der Waals surface area contributed by atoms with Crippen LogP contribution in [-0.2, 0) is 38.7 Å². The van der Waals surface area contributed by atoms with Crippen molar-refractivity contribution < 1.29 is 27.3 Å². The molecule has 0 saturated heterocycles. The van der Waals surface area contributed by atoms with E-state index >= 15 is 0 Å². The molecule has 0 atom stereocenters. The number of nitrogens with one attached hydrogen (secondary N) is 1. The van der Waals surface area contributed by atoms with Crippen molar-refractivity contribution in [1.82, 2.24) is 5.32 Å². The Balaban J connectivity index is 0.00000443. The average Bonchev–Trinajstić information content (AvgIpc) is 2.84. The van der Waals surface area contributed by atoms with Gasteiger partial charge < -0.3 is 20.9 Å². The molecule has 44 heavy (non-hydrogen) atoms. The van der Waals surface area contributed by atoms with Gasteiger partial charge in [-0.2, -0.15) is 5.16 Å². The summed E-state index contributed by atoms with van der Waals surface area (Å²) in [6.45, 7) is 28.3. The summed E-state index contributed by atoms with van der Waals surface area (Å²) in [6.07, 6.45) is 4.35. The molecule has 242 valence electrons. The van der Waals surface area contributed by atoms with E-state index in [-0.39, 0.29) is 50.2 Å². The summed E-state index contributed by atoms with van der Waals surface area (Å²) in [5.41, 5.74) is 4.80. The van der Waals surface area contributed by atoms with Crippen LogP contribution in [0.5, 0.6) is 11.5 Å². The first kappa shape index (κ1) is 41.7. The van der Waals surface area contributed by atoms with Gasteiger partial charge in [0.05, 0.1) is 6.54 Å². The van der Waals surface area contributed by atoms with E-state index in [1.807, 2.05) is 12.1 Å². The van der Waals surface area contributed by atoms with Gasteiger partial charge in [0.2, 0.25) is 0 Å². The Labute approximate surface area is 283 Å². The molecule has 0 aromatic heterocycles. The van der Waals surface area contributed by atoms with Crippen molar-refractivity contribution in [3.63, 3.8) is 0 Å². The molecule has 0 aliphatic rings. The fraction of sp³-hybridized carbons (Fsp3) is 0.583. The summed E-state index contributed by atoms with van der Waals surface area (Å²) in [7, 11) is 0. The second-order valence-electron chi connectivity index (χ2n) is 15.1. The van der Waals surface area contributed by atoms with E-state index < -0.39 is 0 Å². The van der Waals surface area contributed by atoms with Crippen LogP contribution in [0.2, 0.25) is 0 Å². The Bertz CT molecular complexity index is 1210. The van der Waals surface area contributed by atoms with Crippen molar-refractivity contribution in [3.8, 4) is 11.5 Å². The first-order chi connectivity index (χ1) is 19.6. The second kappa shape index (κ2) is 17.4. The smallest absolute Gasteiger partial charge is 0.872 e. The van der Waals surface area contributed by atoms with E-state index in [1.165, 1.54) is 5.16 Å². The third-order valence-electron chi connectivity index (χ3n) is 7.10. The van der Waals surface area contributed by atoms with E-state index in [1.54, 1.807) is 12.4 Å². The number of isothiocyanates is 1. The van der Waals surface area contributed by atoms with Crippen molar-refractivity contribution in [1.29, 1.82) is 0 Å². The zero-order valence-electron chi connectivity index (χ0n) is 28.9. The van der Waals surface area contributed by atoms with E-state index in [9.17, 15) is 10.2 Å². The maximum absolute atomic E-state index is 13.1. The Morgan fingerprint density at radius 1 is 0.682 bits per heavy atom. The molecule has 0 fully saturated rings. The standard InChI is InChI=1S/C35H55N3O2.CNS.Fe/c1-32(2,3)26-18-24(30(39)28(20-26)34(7,8)9)22-37-15-13-14-36-16-17-38-23-25-19-27(33(4,5)6)21-29(31(25)40)35(10,11)12;2-1-3;/h18-23,36,39-40H,13-17H2,1-12H3;;/q;-1;+4/p-2. The maximum Gasteiger partial charge on any atom is 4.00 e. The minimum Gasteiger partial charge on any atom is -0.872 e. The van der Waals surface area contributed by atoms with Gasteiger partial charge in [-0.3, -0.25) is 9.98 Å². The molecule has 0 spiro atoms. The first-order valence-electron chi connectivity index (χ1n) is 15.1. The van der Waals surface area contributed by atoms with Crippen LogP contribution in [0.4, 0.5) is 0 Å². The summed E-state index contributed by atoms with van der Waals surface area (Å²) in [5.74, 6) is 0.142. The van der Waals surface area contributed by atoms with Crippen LogP contribution >= 0.6 is 12.2 Å². The van der Waals surface area contributed by atoms with Gasteiger partial charge >= 0.3 is 17.1 Å². The van der Waals surface area contributed by atoms with Gasteiger partial charge in [0.15, 0.2) is 0 Å². The average molecular weight is 662 g/mol. The fourth-order valence-electron chi connectivity index (χ4n) is 4.36. The van der Waals surface area contributed by atoms with Crippen LogP contribution in [0.15, 0.2) is 34.3 Å². The third kappa shape index (κ3) is 13.3. The molecule has 0 amide bonds. The van der Waals surface area contributed by atoms with Gasteiger partial charge in [-0.05, 0) is 68.0 Å². The topological polar surface area (TPSA) is 105 Å². The van der Waals surface area contributed by atoms with Gasteiger partial charge in [-0.1, -0.05) is 131 Å². The molecule has 2 aromatic carbocycles. The van der Waals surface area contributed by atoms with Crippen molar-refractivity contribution >= 4 is 29.8 Å². The fourth-order valence-corrected chi connectivity index (χ4v) is 4.36. The zero-order valence-corrected chi connectivity index (χ0v) is 30.8. The monoisotopic (exact) mass is 661 g/mol. The van der Waals surface area contributed by atoms with Gasteiger partial charge in [-0.25, -0.2) is 0 Å². The van der Waals surface area contributed by atoms with Gasteiger partial charge in [0.1, 0.15) is 0 Å². The summed E-state index contributed by atoms with van der Waals surface area (Å²) < 4.78 is 0. The minimum absolute atomic E-state index is 0. The molecule has 0 aliphatic carbocycles. The number of nitrogens with zero attached hydrogens (tertiary/aromatic N) is 3. The first-order valence-corrected chi connectivity index (χ1v) is 15.5. The number of thiocarbonyl (C=S) groups is 1. The zero-order chi connectivity index (χ0) is 33.2. The Kier molecular flexibility index (Phi) is 16.5.